The van der Waals surface area contributed by atoms with Crippen molar-refractivity contribution in [2.45, 2.75) is 18.9 Å². The molecule has 0 amide bonds. The van der Waals surface area contributed by atoms with Crippen molar-refractivity contribution in [3.05, 3.63) is 41.5 Å². The van der Waals surface area contributed by atoms with Crippen LogP contribution in [0.3, 0.4) is 0 Å². The topological polar surface area (TPSA) is 46.5 Å². The molecule has 1 N–H and O–H groups in total. The molecule has 0 bridgehead atoms. The second-order valence-corrected chi connectivity index (χ2v) is 4.04. The first-order valence-corrected chi connectivity index (χ1v) is 5.05. The predicted octanol–water partition coefficient (Wildman–Crippen LogP) is 2.35. The van der Waals surface area contributed by atoms with E-state index in [2.05, 4.69) is 4.74 Å². The van der Waals surface area contributed by atoms with Crippen LogP contribution in [0.4, 0.5) is 13.2 Å². The molecule has 1 aromatic carbocycles. The van der Waals surface area contributed by atoms with Gasteiger partial charge in [0.05, 0.1) is 5.56 Å². The van der Waals surface area contributed by atoms with Gasteiger partial charge in [0.25, 0.3) is 0 Å². The molecular weight excluding hydrogens is 249 g/mol. The molecule has 1 aliphatic heterocycles. The zero-order chi connectivity index (χ0) is 13.6. The number of hydrogen-bond acceptors (Lipinski definition) is 3. The lowest BCUT2D eigenvalue weighted by Crippen LogP contribution is -2.26. The number of cyclic esters (lactones) is 1. The van der Waals surface area contributed by atoms with Gasteiger partial charge in [-0.25, -0.2) is 4.79 Å². The van der Waals surface area contributed by atoms with Gasteiger partial charge in [0.1, 0.15) is 0 Å². The van der Waals surface area contributed by atoms with Crippen molar-refractivity contribution in [1.29, 1.82) is 0 Å². The number of hydrogen-bond donors (Lipinski definition) is 1. The van der Waals surface area contributed by atoms with E-state index in [9.17, 15) is 23.1 Å². The molecule has 3 nitrogen and oxygen atoms in total. The summed E-state index contributed by atoms with van der Waals surface area (Å²) in [6.07, 6.45) is -3.36. The molecule has 1 heterocycles. The van der Waals surface area contributed by atoms with Crippen LogP contribution in [0.5, 0.6) is 0 Å². The van der Waals surface area contributed by atoms with Gasteiger partial charge in [-0.3, -0.25) is 0 Å². The highest BCUT2D eigenvalue weighted by Crippen LogP contribution is 2.35. The lowest BCUT2D eigenvalue weighted by molar-refractivity contribution is -0.169. The number of ether oxygens (including phenoxy) is 1. The van der Waals surface area contributed by atoms with Gasteiger partial charge in [-0.1, -0.05) is 12.1 Å². The van der Waals surface area contributed by atoms with Crippen molar-refractivity contribution in [2.24, 2.45) is 0 Å². The number of benzene rings is 1. The van der Waals surface area contributed by atoms with Crippen molar-refractivity contribution in [3.8, 4) is 0 Å². The lowest BCUT2D eigenvalue weighted by Gasteiger charge is -2.20. The molecule has 1 aromatic rings. The normalized spacial score (nSPS) is 23.8. The molecule has 0 saturated carbocycles. The van der Waals surface area contributed by atoms with Crippen LogP contribution in [0.25, 0.3) is 5.57 Å². The fourth-order valence-corrected chi connectivity index (χ4v) is 1.72. The second-order valence-electron chi connectivity index (χ2n) is 4.04. The van der Waals surface area contributed by atoms with E-state index >= 15 is 0 Å². The van der Waals surface area contributed by atoms with Crippen molar-refractivity contribution in [3.63, 3.8) is 0 Å². The maximum atomic E-state index is 12.4. The Bertz CT molecular complexity index is 512. The van der Waals surface area contributed by atoms with Crippen molar-refractivity contribution < 1.29 is 27.8 Å². The quantitative estimate of drug-likeness (QED) is 0.786. The van der Waals surface area contributed by atoms with Crippen molar-refractivity contribution in [2.75, 3.05) is 0 Å². The number of alkyl halides is 3. The molecule has 0 spiro atoms. The SMILES string of the molecule is CC1(O)OC(=O)C=C1c1ccc(C(F)(F)F)cc1. The van der Waals surface area contributed by atoms with E-state index < -0.39 is 23.5 Å². The van der Waals surface area contributed by atoms with Gasteiger partial charge in [-0.05, 0) is 17.7 Å². The maximum Gasteiger partial charge on any atom is 0.416 e. The van der Waals surface area contributed by atoms with E-state index in [1.54, 1.807) is 0 Å². The molecule has 1 atom stereocenters. The third kappa shape index (κ3) is 2.24. The molecule has 0 aliphatic carbocycles. The molecule has 0 saturated heterocycles. The fourth-order valence-electron chi connectivity index (χ4n) is 1.72. The smallest absolute Gasteiger partial charge is 0.416 e. The summed E-state index contributed by atoms with van der Waals surface area (Å²) < 4.78 is 41.7. The third-order valence-electron chi connectivity index (χ3n) is 2.58. The van der Waals surface area contributed by atoms with Gasteiger partial charge in [-0.15, -0.1) is 0 Å². The highest BCUT2D eigenvalue weighted by Gasteiger charge is 2.38. The van der Waals surface area contributed by atoms with E-state index in [0.717, 1.165) is 18.2 Å². The standard InChI is InChI=1S/C12H9F3O3/c1-11(17)9(6-10(16)18-11)7-2-4-8(5-3-7)12(13,14)15/h2-6,17H,1H3. The number of aliphatic hydroxyl groups is 1. The first-order chi connectivity index (χ1) is 8.20. The number of halogens is 3. The Labute approximate surface area is 100 Å². The van der Waals surface area contributed by atoms with Crippen molar-refractivity contribution in [1.82, 2.24) is 0 Å². The average molecular weight is 258 g/mol. The molecule has 1 unspecified atom stereocenters. The summed E-state index contributed by atoms with van der Waals surface area (Å²) in [4.78, 5) is 11.0. The van der Waals surface area contributed by atoms with Gasteiger partial charge < -0.3 is 9.84 Å². The summed E-state index contributed by atoms with van der Waals surface area (Å²) in [5, 5.41) is 9.77. The van der Waals surface area contributed by atoms with Crippen LogP contribution in [-0.4, -0.2) is 16.9 Å². The molecule has 18 heavy (non-hydrogen) atoms. The van der Waals surface area contributed by atoms with E-state index in [1.807, 2.05) is 0 Å². The molecule has 1 aliphatic rings. The highest BCUT2D eigenvalue weighted by atomic mass is 19.4. The maximum absolute atomic E-state index is 12.4. The largest absolute Gasteiger partial charge is 0.426 e. The molecular formula is C12H9F3O3. The van der Waals surface area contributed by atoms with Crippen LogP contribution in [0.1, 0.15) is 18.1 Å². The van der Waals surface area contributed by atoms with Gasteiger partial charge in [0.15, 0.2) is 0 Å². The minimum absolute atomic E-state index is 0.140. The van der Waals surface area contributed by atoms with Crippen LogP contribution in [0.2, 0.25) is 0 Å². The summed E-state index contributed by atoms with van der Waals surface area (Å²) in [5.41, 5.74) is -0.350. The summed E-state index contributed by atoms with van der Waals surface area (Å²) in [6, 6.07) is 4.14. The molecule has 0 aromatic heterocycles. The molecule has 96 valence electrons. The van der Waals surface area contributed by atoms with Crippen molar-refractivity contribution >= 4 is 11.5 Å². The molecule has 0 fully saturated rings. The summed E-state index contributed by atoms with van der Waals surface area (Å²) in [7, 11) is 0. The van der Waals surface area contributed by atoms with Crippen LogP contribution in [0.15, 0.2) is 30.3 Å². The van der Waals surface area contributed by atoms with Crippen LogP contribution >= 0.6 is 0 Å². The highest BCUT2D eigenvalue weighted by molar-refractivity contribution is 5.97. The Morgan fingerprint density at radius 3 is 2.17 bits per heavy atom. The average Bonchev–Trinajstić information content (AvgIpc) is 2.51. The predicted molar refractivity (Wildman–Crippen MR) is 56.1 cm³/mol. The van der Waals surface area contributed by atoms with Crippen LogP contribution < -0.4 is 0 Å². The van der Waals surface area contributed by atoms with E-state index in [1.165, 1.54) is 19.1 Å². The number of carbonyl (C=O) groups excluding carboxylic acids is 1. The minimum atomic E-state index is -4.42. The zero-order valence-electron chi connectivity index (χ0n) is 9.28. The third-order valence-corrected chi connectivity index (χ3v) is 2.58. The van der Waals surface area contributed by atoms with E-state index in [0.29, 0.717) is 5.56 Å². The van der Waals surface area contributed by atoms with Gasteiger partial charge in [0.2, 0.25) is 5.79 Å². The Kier molecular flexibility index (Phi) is 2.70. The van der Waals surface area contributed by atoms with Crippen LogP contribution in [-0.2, 0) is 15.7 Å². The van der Waals surface area contributed by atoms with E-state index in [-0.39, 0.29) is 5.57 Å². The van der Waals surface area contributed by atoms with Gasteiger partial charge in [-0.2, -0.15) is 13.2 Å². The van der Waals surface area contributed by atoms with Gasteiger partial charge >= 0.3 is 12.1 Å². The number of rotatable bonds is 1. The summed E-state index contributed by atoms with van der Waals surface area (Å²) in [6.45, 7) is 1.25. The lowest BCUT2D eigenvalue weighted by atomic mass is 9.98. The van der Waals surface area contributed by atoms with Crippen LogP contribution in [0, 0.1) is 0 Å². The minimum Gasteiger partial charge on any atom is -0.426 e. The van der Waals surface area contributed by atoms with E-state index in [4.69, 9.17) is 0 Å². The Morgan fingerprint density at radius 1 is 1.22 bits per heavy atom. The number of carbonyl (C=O) groups is 1. The second kappa shape index (κ2) is 3.84. The molecule has 6 heteroatoms. The summed E-state index contributed by atoms with van der Waals surface area (Å²) in [5.74, 6) is -2.54. The Morgan fingerprint density at radius 2 is 1.78 bits per heavy atom. The molecule has 0 radical (unpaired) electrons. The first-order valence-electron chi connectivity index (χ1n) is 5.05. The van der Waals surface area contributed by atoms with Gasteiger partial charge in [0, 0.05) is 18.6 Å². The Balaban J connectivity index is 2.37. The zero-order valence-corrected chi connectivity index (χ0v) is 9.28. The monoisotopic (exact) mass is 258 g/mol. The fraction of sp³-hybridized carbons (Fsp3) is 0.250. The Hall–Kier alpha value is -1.82. The molecule has 2 rings (SSSR count). The number of esters is 1. The summed E-state index contributed by atoms with van der Waals surface area (Å²) >= 11 is 0. The first kappa shape index (κ1) is 12.6.